The molecule has 0 spiro atoms. The molecule has 5 nitrogen and oxygen atoms in total. The Morgan fingerprint density at radius 3 is 2.60 bits per heavy atom. The van der Waals surface area contributed by atoms with Gasteiger partial charge in [-0.05, 0) is 48.9 Å². The zero-order valence-electron chi connectivity index (χ0n) is 14.5. The Labute approximate surface area is 153 Å². The molecule has 0 aliphatic rings. The molecule has 2 rings (SSSR count). The van der Waals surface area contributed by atoms with Gasteiger partial charge in [0.05, 0.1) is 14.2 Å². The van der Waals surface area contributed by atoms with Gasteiger partial charge >= 0.3 is 0 Å². The topological polar surface area (TPSA) is 60.0 Å². The van der Waals surface area contributed by atoms with Crippen LogP contribution in [-0.4, -0.2) is 45.1 Å². The minimum absolute atomic E-state index is 0.212. The summed E-state index contributed by atoms with van der Waals surface area (Å²) in [4.78, 5) is 0. The minimum atomic E-state index is -0.593. The van der Waals surface area contributed by atoms with Gasteiger partial charge in [0.25, 0.3) is 0 Å². The highest BCUT2D eigenvalue weighted by Crippen LogP contribution is 2.27. The van der Waals surface area contributed by atoms with E-state index < -0.39 is 6.10 Å². The molecule has 0 aliphatic heterocycles. The van der Waals surface area contributed by atoms with Crippen LogP contribution in [0.25, 0.3) is 0 Å². The zero-order chi connectivity index (χ0) is 18.1. The second-order valence-corrected chi connectivity index (χ2v) is 6.00. The number of rotatable bonds is 10. The fourth-order valence-electron chi connectivity index (χ4n) is 2.35. The zero-order valence-corrected chi connectivity index (χ0v) is 15.3. The normalized spacial score (nSPS) is 11.8. The lowest BCUT2D eigenvalue weighted by molar-refractivity contribution is 0.106. The molecule has 0 unspecified atom stereocenters. The second kappa shape index (κ2) is 10.1. The fraction of sp³-hybridized carbons (Fsp3) is 0.368. The van der Waals surface area contributed by atoms with Crippen molar-refractivity contribution in [2.75, 3.05) is 33.9 Å². The van der Waals surface area contributed by atoms with Crippen molar-refractivity contribution in [3.05, 3.63) is 53.1 Å². The number of hydrogen-bond acceptors (Lipinski definition) is 5. The molecule has 0 saturated heterocycles. The Balaban J connectivity index is 1.68. The van der Waals surface area contributed by atoms with E-state index in [2.05, 4.69) is 5.32 Å². The van der Waals surface area contributed by atoms with E-state index in [1.165, 1.54) is 0 Å². The Morgan fingerprint density at radius 2 is 1.88 bits per heavy atom. The molecular weight excluding hydrogens is 342 g/mol. The Kier molecular flexibility index (Phi) is 7.85. The Morgan fingerprint density at radius 1 is 1.08 bits per heavy atom. The lowest BCUT2D eigenvalue weighted by Crippen LogP contribution is -2.32. The molecule has 0 saturated carbocycles. The first-order valence-electron chi connectivity index (χ1n) is 8.10. The van der Waals surface area contributed by atoms with Gasteiger partial charge in [0, 0.05) is 11.6 Å². The molecule has 0 aromatic heterocycles. The summed E-state index contributed by atoms with van der Waals surface area (Å²) < 4.78 is 16.0. The molecule has 25 heavy (non-hydrogen) atoms. The molecular formula is C19H24ClNO4. The summed E-state index contributed by atoms with van der Waals surface area (Å²) in [6.45, 7) is 1.40. The van der Waals surface area contributed by atoms with E-state index in [0.29, 0.717) is 23.1 Å². The van der Waals surface area contributed by atoms with E-state index in [9.17, 15) is 5.11 Å². The molecule has 136 valence electrons. The summed E-state index contributed by atoms with van der Waals surface area (Å²) in [5.74, 6) is 2.08. The number of methoxy groups -OCH3 is 2. The highest BCUT2D eigenvalue weighted by Gasteiger charge is 2.07. The summed E-state index contributed by atoms with van der Waals surface area (Å²) in [6.07, 6.45) is 0.228. The van der Waals surface area contributed by atoms with Crippen molar-refractivity contribution in [3.63, 3.8) is 0 Å². The molecule has 0 aliphatic carbocycles. The standard InChI is InChI=1S/C19H24ClNO4/c1-23-18-7-6-14(10-19(18)24-2)8-9-21-12-16(22)13-25-17-5-3-4-15(20)11-17/h3-7,10-11,16,21-22H,8-9,12-13H2,1-2H3/t16-/m0/s1. The van der Waals surface area contributed by atoms with Gasteiger partial charge in [0.15, 0.2) is 11.5 Å². The van der Waals surface area contributed by atoms with Crippen LogP contribution in [-0.2, 0) is 6.42 Å². The van der Waals surface area contributed by atoms with Gasteiger partial charge in [-0.1, -0.05) is 23.7 Å². The molecule has 0 amide bonds. The van der Waals surface area contributed by atoms with Gasteiger partial charge in [-0.15, -0.1) is 0 Å². The molecule has 6 heteroatoms. The van der Waals surface area contributed by atoms with Gasteiger partial charge in [-0.3, -0.25) is 0 Å². The maximum absolute atomic E-state index is 9.97. The highest BCUT2D eigenvalue weighted by atomic mass is 35.5. The third-order valence-electron chi connectivity index (χ3n) is 3.66. The van der Waals surface area contributed by atoms with E-state index in [1.54, 1.807) is 26.4 Å². The van der Waals surface area contributed by atoms with Gasteiger partial charge < -0.3 is 24.6 Å². The molecule has 2 aromatic carbocycles. The molecule has 1 atom stereocenters. The summed E-state index contributed by atoms with van der Waals surface area (Å²) in [5.41, 5.74) is 1.13. The third-order valence-corrected chi connectivity index (χ3v) is 3.89. The quantitative estimate of drug-likeness (QED) is 0.634. The number of nitrogens with one attached hydrogen (secondary N) is 1. The number of benzene rings is 2. The largest absolute Gasteiger partial charge is 0.493 e. The van der Waals surface area contributed by atoms with Crippen molar-refractivity contribution in [2.24, 2.45) is 0 Å². The van der Waals surface area contributed by atoms with Crippen LogP contribution in [0.2, 0.25) is 5.02 Å². The molecule has 0 bridgehead atoms. The van der Waals surface area contributed by atoms with E-state index in [4.69, 9.17) is 25.8 Å². The van der Waals surface area contributed by atoms with E-state index in [-0.39, 0.29) is 6.61 Å². The van der Waals surface area contributed by atoms with Crippen LogP contribution in [0, 0.1) is 0 Å². The van der Waals surface area contributed by atoms with Crippen LogP contribution < -0.4 is 19.5 Å². The molecule has 2 aromatic rings. The summed E-state index contributed by atoms with van der Waals surface area (Å²) >= 11 is 5.89. The fourth-order valence-corrected chi connectivity index (χ4v) is 2.53. The number of aliphatic hydroxyl groups excluding tert-OH is 1. The van der Waals surface area contributed by atoms with E-state index >= 15 is 0 Å². The first-order chi connectivity index (χ1) is 12.1. The first kappa shape index (κ1) is 19.4. The summed E-state index contributed by atoms with van der Waals surface area (Å²) in [6, 6.07) is 13.0. The van der Waals surface area contributed by atoms with Crippen molar-refractivity contribution in [3.8, 4) is 17.2 Å². The maximum atomic E-state index is 9.97. The lowest BCUT2D eigenvalue weighted by atomic mass is 10.1. The van der Waals surface area contributed by atoms with Crippen LogP contribution in [0.15, 0.2) is 42.5 Å². The van der Waals surface area contributed by atoms with Gasteiger partial charge in [0.2, 0.25) is 0 Å². The first-order valence-corrected chi connectivity index (χ1v) is 8.48. The average molecular weight is 366 g/mol. The van der Waals surface area contributed by atoms with Gasteiger partial charge in [0.1, 0.15) is 18.5 Å². The Bertz CT molecular complexity index is 666. The van der Waals surface area contributed by atoms with Crippen LogP contribution in [0.5, 0.6) is 17.2 Å². The number of hydrogen-bond donors (Lipinski definition) is 2. The lowest BCUT2D eigenvalue weighted by Gasteiger charge is -2.14. The molecule has 2 N–H and O–H groups in total. The monoisotopic (exact) mass is 365 g/mol. The van der Waals surface area contributed by atoms with Crippen molar-refractivity contribution in [1.82, 2.24) is 5.32 Å². The second-order valence-electron chi connectivity index (χ2n) is 5.57. The Hall–Kier alpha value is -1.95. The van der Waals surface area contributed by atoms with Gasteiger partial charge in [-0.2, -0.15) is 0 Å². The molecule has 0 heterocycles. The van der Waals surface area contributed by atoms with Crippen LogP contribution in [0.1, 0.15) is 5.56 Å². The maximum Gasteiger partial charge on any atom is 0.160 e. The highest BCUT2D eigenvalue weighted by molar-refractivity contribution is 6.30. The van der Waals surface area contributed by atoms with E-state index in [0.717, 1.165) is 24.3 Å². The smallest absolute Gasteiger partial charge is 0.160 e. The van der Waals surface area contributed by atoms with Crippen LogP contribution in [0.4, 0.5) is 0 Å². The van der Waals surface area contributed by atoms with Crippen molar-refractivity contribution >= 4 is 11.6 Å². The summed E-state index contributed by atoms with van der Waals surface area (Å²) in [7, 11) is 3.24. The molecule has 0 fully saturated rings. The minimum Gasteiger partial charge on any atom is -0.493 e. The predicted molar refractivity (Wildman–Crippen MR) is 99.1 cm³/mol. The number of halogens is 1. The average Bonchev–Trinajstić information content (AvgIpc) is 2.63. The number of ether oxygens (including phenoxy) is 3. The van der Waals surface area contributed by atoms with Gasteiger partial charge in [-0.25, -0.2) is 0 Å². The van der Waals surface area contributed by atoms with Crippen molar-refractivity contribution in [2.45, 2.75) is 12.5 Å². The SMILES string of the molecule is COc1ccc(CCNC[C@H](O)COc2cccc(Cl)c2)cc1OC. The number of aliphatic hydroxyl groups is 1. The van der Waals surface area contributed by atoms with Crippen LogP contribution >= 0.6 is 11.6 Å². The van der Waals surface area contributed by atoms with Crippen molar-refractivity contribution in [1.29, 1.82) is 0 Å². The van der Waals surface area contributed by atoms with Crippen molar-refractivity contribution < 1.29 is 19.3 Å². The third kappa shape index (κ3) is 6.46. The van der Waals surface area contributed by atoms with E-state index in [1.807, 2.05) is 30.3 Å². The predicted octanol–water partition coefficient (Wildman–Crippen LogP) is 2.93. The van der Waals surface area contributed by atoms with Crippen LogP contribution in [0.3, 0.4) is 0 Å². The summed E-state index contributed by atoms with van der Waals surface area (Å²) in [5, 5.41) is 13.8. The molecule has 0 radical (unpaired) electrons.